The van der Waals surface area contributed by atoms with Crippen LogP contribution >= 0.6 is 0 Å². The number of likely N-dealkylation sites (N-methyl/N-ethyl adjacent to an activating group) is 1. The molecule has 0 amide bonds. The van der Waals surface area contributed by atoms with Crippen LogP contribution in [0.2, 0.25) is 0 Å². The molecule has 0 saturated heterocycles. The highest BCUT2D eigenvalue weighted by Gasteiger charge is 2.38. The normalized spacial score (nSPS) is 25.0. The molecule has 1 atom stereocenters. The maximum absolute atomic E-state index is 11.2. The number of aliphatic hydroxyl groups is 1. The van der Waals surface area contributed by atoms with Crippen LogP contribution in [0, 0.1) is 0 Å². The molecule has 1 fully saturated rings. The van der Waals surface area contributed by atoms with Crippen molar-refractivity contribution in [3.05, 3.63) is 29.8 Å². The van der Waals surface area contributed by atoms with Crippen LogP contribution in [-0.4, -0.2) is 43.3 Å². The number of rotatable bonds is 5. The Hall–Kier alpha value is -1.06. The van der Waals surface area contributed by atoms with E-state index in [4.69, 9.17) is 10.2 Å². The van der Waals surface area contributed by atoms with E-state index in [9.17, 15) is 5.11 Å². The van der Waals surface area contributed by atoms with Crippen molar-refractivity contribution in [3.8, 4) is 5.75 Å². The quantitative estimate of drug-likeness (QED) is 0.900. The summed E-state index contributed by atoms with van der Waals surface area (Å²) in [5, 5.41) is 11.2. The Morgan fingerprint density at radius 3 is 2.50 bits per heavy atom. The summed E-state index contributed by atoms with van der Waals surface area (Å²) in [6, 6.07) is 6.52. The van der Waals surface area contributed by atoms with Gasteiger partial charge in [-0.05, 0) is 44.6 Å². The molecule has 0 radical (unpaired) electrons. The lowest BCUT2D eigenvalue weighted by Gasteiger charge is -2.40. The van der Waals surface area contributed by atoms with Crippen molar-refractivity contribution in [1.82, 2.24) is 4.90 Å². The minimum Gasteiger partial charge on any atom is -0.497 e. The predicted octanol–water partition coefficient (Wildman–Crippen LogP) is 3.04. The molecule has 3 heteroatoms. The van der Waals surface area contributed by atoms with Gasteiger partial charge in [-0.15, -0.1) is 0 Å². The summed E-state index contributed by atoms with van der Waals surface area (Å²) in [6.45, 7) is 0.392. The monoisotopic (exact) mass is 281 g/mol. The molecule has 1 aliphatic carbocycles. The van der Waals surface area contributed by atoms with Gasteiger partial charge in [0.25, 0.3) is 0 Å². The summed E-state index contributed by atoms with van der Waals surface area (Å²) in [7, 11) is 1.29. The molecule has 0 aliphatic heterocycles. The molecule has 0 bridgehead atoms. The van der Waals surface area contributed by atoms with Gasteiger partial charge in [0.1, 0.15) is 5.75 Å². The van der Waals surface area contributed by atoms with Crippen LogP contribution in [0.3, 0.4) is 0 Å². The number of ether oxygens (including phenoxy) is 1. The fourth-order valence-corrected chi connectivity index (χ4v) is 2.99. The minimum absolute atomic E-state index is 0.238. The first kappa shape index (κ1) is 10.6. The molecule has 0 spiro atoms. The van der Waals surface area contributed by atoms with Crippen LogP contribution in [0.1, 0.15) is 49.0 Å². The molecular weight excluding hydrogens is 250 g/mol. The van der Waals surface area contributed by atoms with Crippen molar-refractivity contribution in [3.63, 3.8) is 0 Å². The zero-order chi connectivity index (χ0) is 18.0. The lowest BCUT2D eigenvalue weighted by molar-refractivity contribution is -0.0277. The van der Waals surface area contributed by atoms with Crippen LogP contribution in [0.15, 0.2) is 24.3 Å². The second kappa shape index (κ2) is 6.59. The topological polar surface area (TPSA) is 32.7 Å². The van der Waals surface area contributed by atoms with E-state index in [2.05, 4.69) is 0 Å². The van der Waals surface area contributed by atoms with Gasteiger partial charge in [-0.1, -0.05) is 31.4 Å². The van der Waals surface area contributed by atoms with E-state index in [0.717, 1.165) is 19.3 Å². The summed E-state index contributed by atoms with van der Waals surface area (Å²) >= 11 is 0. The number of methoxy groups -OCH3 is 1. The summed E-state index contributed by atoms with van der Waals surface area (Å²) in [5.74, 6) is -0.934. The van der Waals surface area contributed by atoms with Crippen molar-refractivity contribution in [2.45, 2.75) is 43.6 Å². The van der Waals surface area contributed by atoms with Crippen LogP contribution in [0.5, 0.6) is 5.75 Å². The molecule has 0 heterocycles. The zero-order valence-electron chi connectivity index (χ0n) is 16.4. The first-order chi connectivity index (χ1) is 11.1. The maximum Gasteiger partial charge on any atom is 0.118 e. The van der Waals surface area contributed by atoms with E-state index in [1.165, 1.54) is 0 Å². The first-order valence-electron chi connectivity index (χ1n) is 9.22. The summed E-state index contributed by atoms with van der Waals surface area (Å²) in [5.41, 5.74) is -0.402. The highest BCUT2D eigenvalue weighted by molar-refractivity contribution is 5.31. The third-order valence-corrected chi connectivity index (χ3v) is 4.04. The number of hydrogen-bond donors (Lipinski definition) is 1. The van der Waals surface area contributed by atoms with Gasteiger partial charge >= 0.3 is 0 Å². The fourth-order valence-electron chi connectivity index (χ4n) is 2.99. The van der Waals surface area contributed by atoms with E-state index in [-0.39, 0.29) is 5.75 Å². The Balaban J connectivity index is 2.33. The second-order valence-corrected chi connectivity index (χ2v) is 5.94. The standard InChI is InChI=1S/C17H27NO2/c1-18(2)13-16(17(19)11-5-4-6-12-17)14-7-9-15(20-3)10-8-14/h7-10,16,19H,4-6,11-13H2,1-3H3/t16-/m1/s1/i3D3,16D. The summed E-state index contributed by atoms with van der Waals surface area (Å²) in [6.07, 6.45) is 4.15. The molecule has 3 nitrogen and oxygen atoms in total. The molecular formula is C17H27NO2. The van der Waals surface area contributed by atoms with Crippen molar-refractivity contribution < 1.29 is 15.3 Å². The van der Waals surface area contributed by atoms with Gasteiger partial charge in [0.15, 0.2) is 0 Å². The van der Waals surface area contributed by atoms with Gasteiger partial charge in [-0.25, -0.2) is 0 Å². The van der Waals surface area contributed by atoms with Gasteiger partial charge in [-0.2, -0.15) is 0 Å². The van der Waals surface area contributed by atoms with E-state index >= 15 is 0 Å². The molecule has 1 saturated carbocycles. The third-order valence-electron chi connectivity index (χ3n) is 4.04. The molecule has 1 N–H and O–H groups in total. The third kappa shape index (κ3) is 3.53. The average molecular weight is 281 g/mol. The Morgan fingerprint density at radius 1 is 1.30 bits per heavy atom. The maximum atomic E-state index is 11.2. The lowest BCUT2D eigenvalue weighted by atomic mass is 9.72. The van der Waals surface area contributed by atoms with Crippen LogP contribution < -0.4 is 4.74 Å². The van der Waals surface area contributed by atoms with Gasteiger partial charge in [0.2, 0.25) is 0 Å². The Kier molecular flexibility index (Phi) is 3.51. The molecule has 112 valence electrons. The Bertz CT molecular complexity index is 539. The van der Waals surface area contributed by atoms with Crippen LogP contribution in [0.25, 0.3) is 0 Å². The largest absolute Gasteiger partial charge is 0.497 e. The van der Waals surface area contributed by atoms with E-state index in [1.807, 2.05) is 19.0 Å². The highest BCUT2D eigenvalue weighted by atomic mass is 16.5. The first-order valence-corrected chi connectivity index (χ1v) is 7.22. The Morgan fingerprint density at radius 2 is 1.95 bits per heavy atom. The smallest absolute Gasteiger partial charge is 0.118 e. The average Bonchev–Trinajstić information content (AvgIpc) is 2.46. The Labute approximate surface area is 128 Å². The minimum atomic E-state index is -2.50. The van der Waals surface area contributed by atoms with Crippen molar-refractivity contribution >= 4 is 0 Å². The number of hydrogen-bond acceptors (Lipinski definition) is 3. The van der Waals surface area contributed by atoms with Gasteiger partial charge in [0.05, 0.1) is 16.8 Å². The fraction of sp³-hybridized carbons (Fsp3) is 0.647. The lowest BCUT2D eigenvalue weighted by Crippen LogP contribution is -2.42. The van der Waals surface area contributed by atoms with Crippen molar-refractivity contribution in [2.75, 3.05) is 27.7 Å². The molecule has 1 aliphatic rings. The summed E-state index contributed by atoms with van der Waals surface area (Å²) in [4.78, 5) is 1.91. The highest BCUT2D eigenvalue weighted by Crippen LogP contribution is 2.40. The van der Waals surface area contributed by atoms with Gasteiger partial charge in [0, 0.05) is 13.8 Å². The van der Waals surface area contributed by atoms with E-state index in [1.54, 1.807) is 24.3 Å². The molecule has 0 aromatic heterocycles. The molecule has 0 unspecified atom stereocenters. The van der Waals surface area contributed by atoms with Crippen LogP contribution in [-0.2, 0) is 0 Å². The molecule has 20 heavy (non-hydrogen) atoms. The number of nitrogens with zero attached hydrogens (tertiary/aromatic N) is 1. The van der Waals surface area contributed by atoms with Crippen molar-refractivity contribution in [2.24, 2.45) is 0 Å². The van der Waals surface area contributed by atoms with Crippen molar-refractivity contribution in [1.29, 1.82) is 0 Å². The SMILES string of the molecule is [2H]C([2H])([2H])Oc1ccc([C@@]([2H])(CN(C)C)C2(O)CCCCC2)cc1. The number of benzene rings is 1. The molecule has 2 rings (SSSR count). The predicted molar refractivity (Wildman–Crippen MR) is 82.3 cm³/mol. The van der Waals surface area contributed by atoms with E-state index in [0.29, 0.717) is 24.9 Å². The van der Waals surface area contributed by atoms with Crippen LogP contribution in [0.4, 0.5) is 0 Å². The molecule has 1 aromatic carbocycles. The van der Waals surface area contributed by atoms with Gasteiger partial charge < -0.3 is 14.7 Å². The van der Waals surface area contributed by atoms with Gasteiger partial charge in [-0.3, -0.25) is 0 Å². The van der Waals surface area contributed by atoms with E-state index < -0.39 is 18.5 Å². The molecule has 1 aromatic rings. The zero-order valence-corrected chi connectivity index (χ0v) is 12.4. The second-order valence-electron chi connectivity index (χ2n) is 5.94. The summed E-state index contributed by atoms with van der Waals surface area (Å²) < 4.78 is 35.4.